The van der Waals surface area contributed by atoms with Gasteiger partial charge in [0, 0.05) is 43.9 Å². The molecule has 1 aromatic carbocycles. The molecule has 3 fully saturated rings. The number of pyridine rings is 1. The van der Waals surface area contributed by atoms with Crippen molar-refractivity contribution in [3.05, 3.63) is 34.9 Å². The minimum atomic E-state index is -2.75. The highest BCUT2D eigenvalue weighted by atomic mass is 35.5. The van der Waals surface area contributed by atoms with E-state index in [9.17, 15) is 18.7 Å². The monoisotopic (exact) mass is 492 g/mol. The third kappa shape index (κ3) is 4.86. The van der Waals surface area contributed by atoms with Crippen LogP contribution in [0, 0.1) is 0 Å². The molecule has 3 heterocycles. The molecule has 1 saturated carbocycles. The van der Waals surface area contributed by atoms with E-state index in [2.05, 4.69) is 15.1 Å². The number of carbonyl (C=O) groups is 1. The molecule has 0 bridgehead atoms. The molecule has 1 aromatic heterocycles. The van der Waals surface area contributed by atoms with Gasteiger partial charge in [0.2, 0.25) is 5.92 Å². The second kappa shape index (κ2) is 9.21. The molecule has 184 valence electrons. The van der Waals surface area contributed by atoms with Gasteiger partial charge in [-0.3, -0.25) is 9.69 Å². The SMILES string of the molecule is O=C(NCC1(O)CCC(F)(F)CC1)c1c(Cl)ccc2nc(N3CCC(N4CCCC4)C3)ccc12. The van der Waals surface area contributed by atoms with Crippen molar-refractivity contribution in [3.63, 3.8) is 0 Å². The molecule has 0 spiro atoms. The molecule has 1 unspecified atom stereocenters. The fourth-order valence-corrected chi connectivity index (χ4v) is 5.77. The number of hydrogen-bond acceptors (Lipinski definition) is 5. The average molecular weight is 493 g/mol. The summed E-state index contributed by atoms with van der Waals surface area (Å²) in [7, 11) is 0. The van der Waals surface area contributed by atoms with Crippen LogP contribution >= 0.6 is 11.6 Å². The zero-order valence-electron chi connectivity index (χ0n) is 19.2. The number of carbonyl (C=O) groups excluding carboxylic acids is 1. The molecule has 5 rings (SSSR count). The molecule has 2 aromatic rings. The first-order valence-corrected chi connectivity index (χ1v) is 12.6. The van der Waals surface area contributed by atoms with Gasteiger partial charge < -0.3 is 15.3 Å². The van der Waals surface area contributed by atoms with Crippen LogP contribution in [0.3, 0.4) is 0 Å². The van der Waals surface area contributed by atoms with E-state index in [0.29, 0.717) is 22.5 Å². The van der Waals surface area contributed by atoms with Gasteiger partial charge in [0.1, 0.15) is 5.82 Å². The van der Waals surface area contributed by atoms with Crippen molar-refractivity contribution in [1.29, 1.82) is 0 Å². The standard InChI is InChI=1S/C25H31ClF2N4O2/c26-19-4-5-20-18(22(19)23(33)29-16-24(34)8-10-25(27,28)11-9-24)3-6-21(30-20)32-14-7-17(15-32)31-12-1-2-13-31/h3-6,17,34H,1-2,7-16H2,(H,29,33). The molecule has 0 radical (unpaired) electrons. The third-order valence-corrected chi connectivity index (χ3v) is 7.98. The second-order valence-corrected chi connectivity index (χ2v) is 10.5. The minimum absolute atomic E-state index is 0.0529. The van der Waals surface area contributed by atoms with E-state index in [-0.39, 0.29) is 37.3 Å². The normalized spacial score (nSPS) is 24.6. The number of fused-ring (bicyclic) bond motifs is 1. The number of nitrogens with zero attached hydrogens (tertiary/aromatic N) is 3. The molecular weight excluding hydrogens is 462 g/mol. The highest BCUT2D eigenvalue weighted by molar-refractivity contribution is 6.35. The third-order valence-electron chi connectivity index (χ3n) is 7.67. The van der Waals surface area contributed by atoms with Crippen LogP contribution in [0.2, 0.25) is 5.02 Å². The van der Waals surface area contributed by atoms with E-state index in [1.165, 1.54) is 25.9 Å². The Morgan fingerprint density at radius 3 is 2.59 bits per heavy atom. The number of nitrogens with one attached hydrogen (secondary N) is 1. The molecule has 2 aliphatic heterocycles. The van der Waals surface area contributed by atoms with Gasteiger partial charge in [-0.2, -0.15) is 0 Å². The lowest BCUT2D eigenvalue weighted by molar-refractivity contribution is -0.101. The number of amides is 1. The molecule has 9 heteroatoms. The highest BCUT2D eigenvalue weighted by Crippen LogP contribution is 2.38. The fourth-order valence-electron chi connectivity index (χ4n) is 5.52. The predicted molar refractivity (Wildman–Crippen MR) is 129 cm³/mol. The Kier molecular flexibility index (Phi) is 6.42. The van der Waals surface area contributed by atoms with E-state index in [1.807, 2.05) is 18.2 Å². The summed E-state index contributed by atoms with van der Waals surface area (Å²) in [4.78, 5) is 22.7. The van der Waals surface area contributed by atoms with E-state index in [0.717, 1.165) is 25.3 Å². The van der Waals surface area contributed by atoms with Crippen LogP contribution in [-0.4, -0.2) is 71.2 Å². The van der Waals surface area contributed by atoms with Crippen LogP contribution in [-0.2, 0) is 0 Å². The molecule has 1 amide bonds. The van der Waals surface area contributed by atoms with Crippen molar-refractivity contribution in [2.75, 3.05) is 37.6 Å². The highest BCUT2D eigenvalue weighted by Gasteiger charge is 2.42. The number of aromatic nitrogens is 1. The van der Waals surface area contributed by atoms with Crippen molar-refractivity contribution in [3.8, 4) is 0 Å². The Bertz CT molecular complexity index is 1070. The lowest BCUT2D eigenvalue weighted by Crippen LogP contribution is -2.47. The van der Waals surface area contributed by atoms with Gasteiger partial charge in [-0.15, -0.1) is 0 Å². The summed E-state index contributed by atoms with van der Waals surface area (Å²) < 4.78 is 26.9. The summed E-state index contributed by atoms with van der Waals surface area (Å²) in [6.45, 7) is 4.18. The number of halogens is 3. The lowest BCUT2D eigenvalue weighted by Gasteiger charge is -2.35. The molecule has 34 heavy (non-hydrogen) atoms. The summed E-state index contributed by atoms with van der Waals surface area (Å²) in [6, 6.07) is 7.83. The summed E-state index contributed by atoms with van der Waals surface area (Å²) in [5, 5.41) is 14.3. The Balaban J connectivity index is 1.30. The van der Waals surface area contributed by atoms with E-state index in [4.69, 9.17) is 16.6 Å². The zero-order chi connectivity index (χ0) is 23.9. The van der Waals surface area contributed by atoms with Gasteiger partial charge in [0.05, 0.1) is 21.7 Å². The Morgan fingerprint density at radius 1 is 1.12 bits per heavy atom. The molecule has 6 nitrogen and oxygen atoms in total. The summed E-state index contributed by atoms with van der Waals surface area (Å²) >= 11 is 6.38. The van der Waals surface area contributed by atoms with E-state index in [1.54, 1.807) is 6.07 Å². The molecule has 1 aliphatic carbocycles. The van der Waals surface area contributed by atoms with Gasteiger partial charge in [-0.1, -0.05) is 11.6 Å². The van der Waals surface area contributed by atoms with Crippen molar-refractivity contribution in [1.82, 2.24) is 15.2 Å². The molecular formula is C25H31ClF2N4O2. The smallest absolute Gasteiger partial charge is 0.253 e. The first-order valence-electron chi connectivity index (χ1n) is 12.2. The first-order chi connectivity index (χ1) is 16.2. The van der Waals surface area contributed by atoms with Gasteiger partial charge >= 0.3 is 0 Å². The zero-order valence-corrected chi connectivity index (χ0v) is 20.0. The topological polar surface area (TPSA) is 68.7 Å². The number of aliphatic hydroxyl groups is 1. The number of rotatable bonds is 5. The summed E-state index contributed by atoms with van der Waals surface area (Å²) in [5.41, 5.74) is -0.367. The first kappa shape index (κ1) is 23.7. The van der Waals surface area contributed by atoms with Crippen LogP contribution in [0.1, 0.15) is 55.3 Å². The van der Waals surface area contributed by atoms with Crippen molar-refractivity contribution in [2.45, 2.75) is 62.5 Å². The maximum Gasteiger partial charge on any atom is 0.253 e. The quantitative estimate of drug-likeness (QED) is 0.653. The Labute approximate surface area is 203 Å². The molecule has 1 atom stereocenters. The summed E-state index contributed by atoms with van der Waals surface area (Å²) in [5.74, 6) is -2.30. The van der Waals surface area contributed by atoms with Crippen molar-refractivity contribution < 1.29 is 18.7 Å². The van der Waals surface area contributed by atoms with Crippen LogP contribution in [0.5, 0.6) is 0 Å². The van der Waals surface area contributed by atoms with Gasteiger partial charge in [-0.25, -0.2) is 13.8 Å². The maximum absolute atomic E-state index is 13.5. The average Bonchev–Trinajstić information content (AvgIpc) is 3.52. The maximum atomic E-state index is 13.5. The number of hydrogen-bond donors (Lipinski definition) is 2. The van der Waals surface area contributed by atoms with Gasteiger partial charge in [0.25, 0.3) is 5.91 Å². The number of likely N-dealkylation sites (tertiary alicyclic amines) is 1. The summed E-state index contributed by atoms with van der Waals surface area (Å²) in [6.07, 6.45) is 2.82. The van der Waals surface area contributed by atoms with Crippen molar-refractivity contribution in [2.24, 2.45) is 0 Å². The van der Waals surface area contributed by atoms with Crippen molar-refractivity contribution >= 4 is 34.2 Å². The van der Waals surface area contributed by atoms with Crippen LogP contribution in [0.4, 0.5) is 14.6 Å². The number of anilines is 1. The van der Waals surface area contributed by atoms with Crippen LogP contribution in [0.15, 0.2) is 24.3 Å². The fraction of sp³-hybridized carbons (Fsp3) is 0.600. The largest absolute Gasteiger partial charge is 0.388 e. The van der Waals surface area contributed by atoms with Gasteiger partial charge in [-0.05, 0) is 69.5 Å². The Morgan fingerprint density at radius 2 is 1.85 bits per heavy atom. The molecule has 2 saturated heterocycles. The Hall–Kier alpha value is -2.03. The van der Waals surface area contributed by atoms with Crippen LogP contribution < -0.4 is 10.2 Å². The molecule has 3 aliphatic rings. The van der Waals surface area contributed by atoms with E-state index < -0.39 is 17.4 Å². The lowest BCUT2D eigenvalue weighted by atomic mass is 9.82. The van der Waals surface area contributed by atoms with Crippen LogP contribution in [0.25, 0.3) is 10.9 Å². The second-order valence-electron chi connectivity index (χ2n) is 10.1. The van der Waals surface area contributed by atoms with E-state index >= 15 is 0 Å². The van der Waals surface area contributed by atoms with Gasteiger partial charge in [0.15, 0.2) is 0 Å². The number of alkyl halides is 2. The minimum Gasteiger partial charge on any atom is -0.388 e. The molecule has 2 N–H and O–H groups in total. The number of benzene rings is 1. The predicted octanol–water partition coefficient (Wildman–Crippen LogP) is 4.23.